The predicted molar refractivity (Wildman–Crippen MR) is 63.8 cm³/mol. The molecule has 0 aromatic heterocycles. The maximum absolute atomic E-state index is 13.9. The van der Waals surface area contributed by atoms with Gasteiger partial charge in [0, 0.05) is 18.9 Å². The molecular weight excluding hydrogens is 347 g/mol. The van der Waals surface area contributed by atoms with Crippen LogP contribution in [-0.2, 0) is 4.43 Å². The van der Waals surface area contributed by atoms with Gasteiger partial charge in [-0.3, -0.25) is 0 Å². The number of hydrogen-bond acceptors (Lipinski definition) is 1. The molecule has 0 fully saturated rings. The Kier molecular flexibility index (Phi) is 6.08. The van der Waals surface area contributed by atoms with Gasteiger partial charge >= 0.3 is 23.6 Å². The monoisotopic (exact) mass is 364 g/mol. The number of hydrogen-bond donors (Lipinski definition) is 0. The Hall–Kier alpha value is -0.453. The van der Waals surface area contributed by atoms with E-state index in [1.807, 2.05) is 0 Å². The average Bonchev–Trinajstić information content (AvgIpc) is 2.23. The van der Waals surface area contributed by atoms with Gasteiger partial charge in [0.15, 0.2) is 0 Å². The molecule has 0 atom stereocenters. The summed E-state index contributed by atoms with van der Waals surface area (Å²) in [5.74, 6) is -11.5. The van der Waals surface area contributed by atoms with Crippen molar-refractivity contribution < 1.29 is 43.9 Å². The summed E-state index contributed by atoms with van der Waals surface area (Å²) in [4.78, 5) is 0. The summed E-state index contributed by atoms with van der Waals surface area (Å²) in [5, 5.41) is 0. The average molecular weight is 364 g/mol. The predicted octanol–water partition coefficient (Wildman–Crippen LogP) is 5.40. The summed E-state index contributed by atoms with van der Waals surface area (Å²) in [5.41, 5.74) is -5.25. The van der Waals surface area contributed by atoms with Crippen LogP contribution < -0.4 is 0 Å². The molecule has 0 aliphatic carbocycles. The summed E-state index contributed by atoms with van der Waals surface area (Å²) in [6, 6.07) is 0. The van der Waals surface area contributed by atoms with Crippen LogP contribution in [0.1, 0.15) is 26.7 Å². The smallest absolute Gasteiger partial charge is 0.389 e. The molecule has 0 saturated heterocycles. The molecule has 0 spiro atoms. The molecule has 0 saturated carbocycles. The van der Waals surface area contributed by atoms with E-state index in [9.17, 15) is 39.5 Å². The van der Waals surface area contributed by atoms with E-state index in [1.165, 1.54) is 13.8 Å². The second-order valence-electron chi connectivity index (χ2n) is 5.65. The normalized spacial score (nSPS) is 15.5. The highest BCUT2D eigenvalue weighted by Gasteiger charge is 2.77. The van der Waals surface area contributed by atoms with Crippen LogP contribution in [0.15, 0.2) is 0 Å². The number of rotatable bonds is 7. The van der Waals surface area contributed by atoms with Crippen molar-refractivity contribution in [2.75, 3.05) is 0 Å². The maximum Gasteiger partial charge on any atom is 0.389 e. The molecule has 0 unspecified atom stereocenters. The first-order chi connectivity index (χ1) is 9.37. The van der Waals surface area contributed by atoms with Crippen molar-refractivity contribution in [1.82, 2.24) is 0 Å². The molecule has 0 rings (SSSR count). The molecule has 0 heterocycles. The highest BCUT2D eigenvalue weighted by Crippen LogP contribution is 2.52. The minimum Gasteiger partial charge on any atom is -0.408 e. The number of alkyl halides is 9. The fourth-order valence-corrected chi connectivity index (χ4v) is 3.99. The van der Waals surface area contributed by atoms with Gasteiger partial charge in [0.1, 0.15) is 0 Å². The third-order valence-electron chi connectivity index (χ3n) is 2.86. The van der Waals surface area contributed by atoms with E-state index in [2.05, 4.69) is 4.43 Å². The molecule has 0 bridgehead atoms. The molecule has 11 heteroatoms. The Morgan fingerprint density at radius 2 is 1.23 bits per heavy atom. The van der Waals surface area contributed by atoms with Gasteiger partial charge in [-0.2, -0.15) is 30.7 Å². The summed E-state index contributed by atoms with van der Waals surface area (Å²) in [7, 11) is -4.66. The minimum atomic E-state index is -5.95. The zero-order valence-electron chi connectivity index (χ0n) is 12.3. The van der Waals surface area contributed by atoms with Gasteiger partial charge in [-0.25, -0.2) is 8.78 Å². The minimum absolute atomic E-state index is 0.612. The Balaban J connectivity index is 5.48. The molecule has 0 aromatic rings. The molecule has 1 nitrogen and oxygen atoms in total. The van der Waals surface area contributed by atoms with E-state index in [-0.39, 0.29) is 0 Å². The summed E-state index contributed by atoms with van der Waals surface area (Å²) in [6.45, 7) is 3.73. The van der Waals surface area contributed by atoms with Crippen LogP contribution >= 0.6 is 0 Å². The lowest BCUT2D eigenvalue weighted by Gasteiger charge is -2.40. The molecule has 22 heavy (non-hydrogen) atoms. The number of halogens is 9. The van der Waals surface area contributed by atoms with Crippen LogP contribution in [0.5, 0.6) is 0 Å². The van der Waals surface area contributed by atoms with Gasteiger partial charge in [0.25, 0.3) is 8.32 Å². The van der Waals surface area contributed by atoms with Gasteiger partial charge in [-0.05, 0) is 26.9 Å². The van der Waals surface area contributed by atoms with Crippen LogP contribution in [0, 0.1) is 0 Å². The Morgan fingerprint density at radius 3 is 1.55 bits per heavy atom. The van der Waals surface area contributed by atoms with Crippen molar-refractivity contribution in [3.05, 3.63) is 0 Å². The summed E-state index contributed by atoms with van der Waals surface area (Å²) >= 11 is 0. The van der Waals surface area contributed by atoms with E-state index in [0.29, 0.717) is 13.1 Å². The molecule has 0 amide bonds. The lowest BCUT2D eigenvalue weighted by Crippen LogP contribution is -2.67. The lowest BCUT2D eigenvalue weighted by molar-refractivity contribution is -0.294. The Labute approximate surface area is 122 Å². The second-order valence-corrected chi connectivity index (χ2v) is 9.53. The molecular formula is C11H17F9OSi. The van der Waals surface area contributed by atoms with Crippen LogP contribution in [0.3, 0.4) is 0 Å². The van der Waals surface area contributed by atoms with E-state index < -0.39 is 50.8 Å². The first-order valence-electron chi connectivity index (χ1n) is 6.25. The van der Waals surface area contributed by atoms with Gasteiger partial charge < -0.3 is 4.43 Å². The van der Waals surface area contributed by atoms with Crippen LogP contribution in [0.4, 0.5) is 39.5 Å². The van der Waals surface area contributed by atoms with Crippen LogP contribution in [-0.4, -0.2) is 38.0 Å². The topological polar surface area (TPSA) is 9.23 Å². The van der Waals surface area contributed by atoms with E-state index in [1.54, 1.807) is 0 Å². The summed E-state index contributed by atoms with van der Waals surface area (Å²) < 4.78 is 122. The largest absolute Gasteiger partial charge is 0.408 e. The van der Waals surface area contributed by atoms with Crippen molar-refractivity contribution >= 4 is 8.32 Å². The molecule has 0 aliphatic rings. The fraction of sp³-hybridized carbons (Fsp3) is 1.00. The van der Waals surface area contributed by atoms with Crippen molar-refractivity contribution in [1.29, 1.82) is 0 Å². The molecule has 0 aromatic carbocycles. The molecule has 0 N–H and O–H groups in total. The highest BCUT2D eigenvalue weighted by atomic mass is 28.4. The third-order valence-corrected chi connectivity index (χ3v) is 5.75. The summed E-state index contributed by atoms with van der Waals surface area (Å²) in [6.07, 6.45) is -10.8. The maximum atomic E-state index is 13.9. The van der Waals surface area contributed by atoms with Crippen molar-refractivity contribution in [3.63, 3.8) is 0 Å². The SMILES string of the molecule is CC(C)O[Si](C)(C)C(F)(F)C(F)(F)C(F)(F)CCC(F)(F)F. The zero-order chi connectivity index (χ0) is 18.2. The van der Waals surface area contributed by atoms with Crippen molar-refractivity contribution in [3.8, 4) is 0 Å². The van der Waals surface area contributed by atoms with Crippen molar-refractivity contribution in [2.45, 2.75) is 69.5 Å². The van der Waals surface area contributed by atoms with Crippen LogP contribution in [0.25, 0.3) is 0 Å². The Morgan fingerprint density at radius 1 is 0.818 bits per heavy atom. The van der Waals surface area contributed by atoms with Crippen molar-refractivity contribution in [2.24, 2.45) is 0 Å². The molecule has 134 valence electrons. The lowest BCUT2D eigenvalue weighted by atomic mass is 10.1. The van der Waals surface area contributed by atoms with E-state index in [0.717, 1.165) is 0 Å². The van der Waals surface area contributed by atoms with Gasteiger partial charge in [-0.15, -0.1) is 0 Å². The first kappa shape index (κ1) is 21.5. The van der Waals surface area contributed by atoms with Crippen LogP contribution in [0.2, 0.25) is 13.1 Å². The third kappa shape index (κ3) is 4.53. The highest BCUT2D eigenvalue weighted by molar-refractivity contribution is 6.74. The van der Waals surface area contributed by atoms with E-state index in [4.69, 9.17) is 0 Å². The van der Waals surface area contributed by atoms with Gasteiger partial charge in [0.05, 0.1) is 0 Å². The van der Waals surface area contributed by atoms with Gasteiger partial charge in [0.2, 0.25) is 0 Å². The Bertz CT molecular complexity index is 376. The second kappa shape index (κ2) is 6.21. The molecule has 0 aliphatic heterocycles. The fourth-order valence-electron chi connectivity index (χ4n) is 1.73. The standard InChI is InChI=1S/C11H17F9OSi/c1-7(2)21-22(3,4)11(19,20)10(17,18)8(12,13)5-6-9(14,15)16/h7H,5-6H2,1-4H3. The van der Waals surface area contributed by atoms with Gasteiger partial charge in [-0.1, -0.05) is 0 Å². The quantitative estimate of drug-likeness (QED) is 0.434. The zero-order valence-corrected chi connectivity index (χ0v) is 13.3. The van der Waals surface area contributed by atoms with E-state index >= 15 is 0 Å². The first-order valence-corrected chi connectivity index (χ1v) is 9.16. The molecule has 0 radical (unpaired) electrons.